The number of amides is 1. The standard InChI is InChI=1S/C20H22N2O4/c1-3-24-18-7-4-5-8-19(18)25-12-6-9-20(23)22-15-10-11-17-16(13-15)21-14(2)26-17/h4-5,7-8,10-11,13H,3,6,9,12H2,1-2H3,(H,22,23). The molecule has 1 N–H and O–H groups in total. The number of fused-ring (bicyclic) bond motifs is 1. The second-order valence-corrected chi connectivity index (χ2v) is 5.80. The molecule has 0 aliphatic heterocycles. The molecule has 0 radical (unpaired) electrons. The van der Waals surface area contributed by atoms with Crippen LogP contribution >= 0.6 is 0 Å². The molecule has 0 aliphatic carbocycles. The van der Waals surface area contributed by atoms with Gasteiger partial charge >= 0.3 is 0 Å². The predicted molar refractivity (Wildman–Crippen MR) is 99.7 cm³/mol. The van der Waals surface area contributed by atoms with Gasteiger partial charge in [0.05, 0.1) is 13.2 Å². The Morgan fingerprint density at radius 3 is 2.69 bits per heavy atom. The van der Waals surface area contributed by atoms with Crippen molar-refractivity contribution < 1.29 is 18.7 Å². The second kappa shape index (κ2) is 8.38. The van der Waals surface area contributed by atoms with Crippen molar-refractivity contribution in [3.05, 3.63) is 48.4 Å². The topological polar surface area (TPSA) is 73.6 Å². The van der Waals surface area contributed by atoms with Crippen LogP contribution in [0.3, 0.4) is 0 Å². The summed E-state index contributed by atoms with van der Waals surface area (Å²) in [6.07, 6.45) is 0.976. The van der Waals surface area contributed by atoms with Crippen molar-refractivity contribution in [2.75, 3.05) is 18.5 Å². The summed E-state index contributed by atoms with van der Waals surface area (Å²) >= 11 is 0. The monoisotopic (exact) mass is 354 g/mol. The van der Waals surface area contributed by atoms with Crippen LogP contribution in [0.2, 0.25) is 0 Å². The lowest BCUT2D eigenvalue weighted by Gasteiger charge is -2.11. The molecule has 1 amide bonds. The number of rotatable bonds is 8. The van der Waals surface area contributed by atoms with Gasteiger partial charge in [-0.05, 0) is 43.7 Å². The average Bonchev–Trinajstić information content (AvgIpc) is 2.99. The van der Waals surface area contributed by atoms with Crippen molar-refractivity contribution in [2.24, 2.45) is 0 Å². The highest BCUT2D eigenvalue weighted by molar-refractivity contribution is 5.92. The molecule has 6 nitrogen and oxygen atoms in total. The lowest BCUT2D eigenvalue weighted by Crippen LogP contribution is -2.12. The number of anilines is 1. The van der Waals surface area contributed by atoms with Crippen LogP contribution < -0.4 is 14.8 Å². The summed E-state index contributed by atoms with van der Waals surface area (Å²) in [5, 5.41) is 2.87. The molecule has 0 saturated heterocycles. The van der Waals surface area contributed by atoms with E-state index in [0.717, 1.165) is 11.3 Å². The van der Waals surface area contributed by atoms with E-state index in [2.05, 4.69) is 10.3 Å². The molecule has 0 spiro atoms. The van der Waals surface area contributed by atoms with Crippen LogP contribution in [0.4, 0.5) is 5.69 Å². The van der Waals surface area contributed by atoms with Gasteiger partial charge in [0.15, 0.2) is 23.0 Å². The minimum atomic E-state index is -0.0636. The molecular weight excluding hydrogens is 332 g/mol. The zero-order valence-corrected chi connectivity index (χ0v) is 15.0. The van der Waals surface area contributed by atoms with Gasteiger partial charge < -0.3 is 19.2 Å². The summed E-state index contributed by atoms with van der Waals surface area (Å²) in [4.78, 5) is 16.4. The highest BCUT2D eigenvalue weighted by Crippen LogP contribution is 2.26. The molecule has 0 aliphatic rings. The van der Waals surface area contributed by atoms with E-state index in [1.54, 1.807) is 25.1 Å². The zero-order chi connectivity index (χ0) is 18.4. The smallest absolute Gasteiger partial charge is 0.224 e. The molecule has 0 atom stereocenters. The number of carbonyl (C=O) groups excluding carboxylic acids is 1. The lowest BCUT2D eigenvalue weighted by atomic mass is 10.2. The summed E-state index contributed by atoms with van der Waals surface area (Å²) in [6, 6.07) is 12.9. The molecule has 6 heteroatoms. The first-order valence-corrected chi connectivity index (χ1v) is 8.67. The van der Waals surface area contributed by atoms with E-state index in [1.165, 1.54) is 0 Å². The van der Waals surface area contributed by atoms with Gasteiger partial charge in [-0.3, -0.25) is 4.79 Å². The van der Waals surface area contributed by atoms with Gasteiger partial charge in [-0.1, -0.05) is 12.1 Å². The van der Waals surface area contributed by atoms with Crippen molar-refractivity contribution in [2.45, 2.75) is 26.7 Å². The van der Waals surface area contributed by atoms with E-state index in [9.17, 15) is 4.79 Å². The maximum Gasteiger partial charge on any atom is 0.224 e. The fraction of sp³-hybridized carbons (Fsp3) is 0.300. The van der Waals surface area contributed by atoms with Crippen LogP contribution in [0, 0.1) is 6.92 Å². The Labute approximate surface area is 152 Å². The Bertz CT molecular complexity index is 888. The third-order valence-electron chi connectivity index (χ3n) is 3.73. The summed E-state index contributed by atoms with van der Waals surface area (Å²) < 4.78 is 16.7. The Morgan fingerprint density at radius 2 is 1.92 bits per heavy atom. The Balaban J connectivity index is 1.46. The first-order chi connectivity index (χ1) is 12.7. The van der Waals surface area contributed by atoms with Crippen molar-refractivity contribution in [3.63, 3.8) is 0 Å². The van der Waals surface area contributed by atoms with Crippen LogP contribution in [0.5, 0.6) is 11.5 Å². The van der Waals surface area contributed by atoms with E-state index in [0.29, 0.717) is 49.0 Å². The lowest BCUT2D eigenvalue weighted by molar-refractivity contribution is -0.116. The van der Waals surface area contributed by atoms with Crippen molar-refractivity contribution >= 4 is 22.7 Å². The maximum atomic E-state index is 12.1. The molecule has 0 bridgehead atoms. The number of benzene rings is 2. The quantitative estimate of drug-likeness (QED) is 0.609. The van der Waals surface area contributed by atoms with Gasteiger partial charge in [-0.25, -0.2) is 4.98 Å². The Kier molecular flexibility index (Phi) is 5.73. The minimum Gasteiger partial charge on any atom is -0.490 e. The molecule has 3 rings (SSSR count). The summed E-state index contributed by atoms with van der Waals surface area (Å²) in [7, 11) is 0. The summed E-state index contributed by atoms with van der Waals surface area (Å²) in [5.41, 5.74) is 2.15. The molecule has 2 aromatic carbocycles. The molecule has 3 aromatic rings. The Hall–Kier alpha value is -3.02. The molecular formula is C20H22N2O4. The predicted octanol–water partition coefficient (Wildman–Crippen LogP) is 4.33. The highest BCUT2D eigenvalue weighted by atomic mass is 16.5. The first-order valence-electron chi connectivity index (χ1n) is 8.67. The largest absolute Gasteiger partial charge is 0.490 e. The van der Waals surface area contributed by atoms with E-state index in [1.807, 2.05) is 31.2 Å². The molecule has 0 fully saturated rings. The highest BCUT2D eigenvalue weighted by Gasteiger charge is 2.07. The minimum absolute atomic E-state index is 0.0636. The van der Waals surface area contributed by atoms with Crippen molar-refractivity contribution in [1.29, 1.82) is 0 Å². The number of aryl methyl sites for hydroxylation is 1. The van der Waals surface area contributed by atoms with Gasteiger partial charge in [0, 0.05) is 19.0 Å². The van der Waals surface area contributed by atoms with Crippen LogP contribution in [0.25, 0.3) is 11.1 Å². The van der Waals surface area contributed by atoms with E-state index < -0.39 is 0 Å². The van der Waals surface area contributed by atoms with Gasteiger partial charge in [0.1, 0.15) is 5.52 Å². The molecule has 1 heterocycles. The SMILES string of the molecule is CCOc1ccccc1OCCCC(=O)Nc1ccc2oc(C)nc2c1. The van der Waals surface area contributed by atoms with E-state index in [-0.39, 0.29) is 5.91 Å². The molecule has 0 saturated carbocycles. The number of aromatic nitrogens is 1. The van der Waals surface area contributed by atoms with Crippen LogP contribution in [0.1, 0.15) is 25.7 Å². The maximum absolute atomic E-state index is 12.1. The first kappa shape index (κ1) is 17.8. The number of hydrogen-bond donors (Lipinski definition) is 1. The van der Waals surface area contributed by atoms with Gasteiger partial charge in [0.25, 0.3) is 0 Å². The third-order valence-corrected chi connectivity index (χ3v) is 3.73. The fourth-order valence-electron chi connectivity index (χ4n) is 2.60. The fourth-order valence-corrected chi connectivity index (χ4v) is 2.60. The number of para-hydroxylation sites is 2. The number of nitrogens with one attached hydrogen (secondary N) is 1. The third kappa shape index (κ3) is 4.53. The summed E-state index contributed by atoms with van der Waals surface area (Å²) in [6.45, 7) is 4.75. The Morgan fingerprint density at radius 1 is 1.15 bits per heavy atom. The average molecular weight is 354 g/mol. The van der Waals surface area contributed by atoms with Gasteiger partial charge in [0.2, 0.25) is 5.91 Å². The molecule has 26 heavy (non-hydrogen) atoms. The number of ether oxygens (including phenoxy) is 2. The summed E-state index contributed by atoms with van der Waals surface area (Å²) in [5.74, 6) is 1.96. The van der Waals surface area contributed by atoms with Gasteiger partial charge in [-0.15, -0.1) is 0 Å². The van der Waals surface area contributed by atoms with E-state index in [4.69, 9.17) is 13.9 Å². The number of oxazole rings is 1. The van der Waals surface area contributed by atoms with Crippen LogP contribution in [-0.2, 0) is 4.79 Å². The van der Waals surface area contributed by atoms with E-state index >= 15 is 0 Å². The van der Waals surface area contributed by atoms with Crippen molar-refractivity contribution in [1.82, 2.24) is 4.98 Å². The number of hydrogen-bond acceptors (Lipinski definition) is 5. The van der Waals surface area contributed by atoms with Crippen molar-refractivity contribution in [3.8, 4) is 11.5 Å². The van der Waals surface area contributed by atoms with Crippen LogP contribution in [-0.4, -0.2) is 24.1 Å². The zero-order valence-electron chi connectivity index (χ0n) is 15.0. The molecule has 1 aromatic heterocycles. The second-order valence-electron chi connectivity index (χ2n) is 5.80. The van der Waals surface area contributed by atoms with Gasteiger partial charge in [-0.2, -0.15) is 0 Å². The molecule has 0 unspecified atom stereocenters. The number of nitrogens with zero attached hydrogens (tertiary/aromatic N) is 1. The number of carbonyl (C=O) groups is 1. The molecule has 136 valence electrons. The van der Waals surface area contributed by atoms with Crippen LogP contribution in [0.15, 0.2) is 46.9 Å². The normalized spacial score (nSPS) is 10.7.